The van der Waals surface area contributed by atoms with E-state index < -0.39 is 0 Å². The van der Waals surface area contributed by atoms with Crippen molar-refractivity contribution in [1.82, 2.24) is 5.32 Å². The van der Waals surface area contributed by atoms with Crippen molar-refractivity contribution in [1.29, 1.82) is 0 Å². The number of phenolic OH excluding ortho intramolecular Hbond substituents is 1. The van der Waals surface area contributed by atoms with E-state index >= 15 is 0 Å². The molecule has 2 nitrogen and oxygen atoms in total. The quantitative estimate of drug-likeness (QED) is 0.658. The molecule has 0 spiro atoms. The van der Waals surface area contributed by atoms with Crippen molar-refractivity contribution in [2.75, 3.05) is 6.54 Å². The van der Waals surface area contributed by atoms with Gasteiger partial charge in [0.15, 0.2) is 0 Å². The second-order valence-electron chi connectivity index (χ2n) is 4.62. The van der Waals surface area contributed by atoms with Gasteiger partial charge in [-0.25, -0.2) is 0 Å². The molecule has 2 rings (SSSR count). The lowest BCUT2D eigenvalue weighted by Gasteiger charge is -2.25. The zero-order chi connectivity index (χ0) is 10.2. The number of benzene rings is 1. The van der Waals surface area contributed by atoms with Crippen LogP contribution >= 0.6 is 0 Å². The molecule has 0 amide bonds. The molecule has 0 unspecified atom stereocenters. The van der Waals surface area contributed by atoms with Crippen molar-refractivity contribution < 1.29 is 5.11 Å². The van der Waals surface area contributed by atoms with E-state index in [-0.39, 0.29) is 5.41 Å². The van der Waals surface area contributed by atoms with Crippen LogP contribution in [-0.2, 0) is 12.0 Å². The molecular weight excluding hydrogens is 174 g/mol. The highest BCUT2D eigenvalue weighted by molar-refractivity contribution is 5.44. The zero-order valence-electron chi connectivity index (χ0n) is 8.80. The first-order chi connectivity index (χ1) is 6.61. The monoisotopic (exact) mass is 191 g/mol. The Morgan fingerprint density at radius 1 is 1.36 bits per heavy atom. The van der Waals surface area contributed by atoms with E-state index in [1.165, 1.54) is 5.56 Å². The molecule has 0 bridgehead atoms. The Bertz CT molecular complexity index is 344. The van der Waals surface area contributed by atoms with E-state index in [9.17, 15) is 5.11 Å². The number of fused-ring (bicyclic) bond motifs is 1. The Hall–Kier alpha value is -1.02. The summed E-state index contributed by atoms with van der Waals surface area (Å²) in [4.78, 5) is 0. The van der Waals surface area contributed by atoms with Crippen molar-refractivity contribution in [3.63, 3.8) is 0 Å². The van der Waals surface area contributed by atoms with Crippen LogP contribution in [0.3, 0.4) is 0 Å². The molecule has 0 atom stereocenters. The summed E-state index contributed by atoms with van der Waals surface area (Å²) in [5, 5.41) is 13.3. The van der Waals surface area contributed by atoms with Crippen molar-refractivity contribution in [3.05, 3.63) is 29.3 Å². The molecule has 0 radical (unpaired) electrons. The molecule has 0 saturated heterocycles. The van der Waals surface area contributed by atoms with Crippen LogP contribution in [0.2, 0.25) is 0 Å². The molecule has 14 heavy (non-hydrogen) atoms. The van der Waals surface area contributed by atoms with Gasteiger partial charge in [0.1, 0.15) is 5.75 Å². The highest BCUT2D eigenvalue weighted by Gasteiger charge is 2.28. The lowest BCUT2D eigenvalue weighted by atomic mass is 9.79. The first-order valence-corrected chi connectivity index (χ1v) is 5.13. The summed E-state index contributed by atoms with van der Waals surface area (Å²) >= 11 is 0. The van der Waals surface area contributed by atoms with E-state index in [4.69, 9.17) is 0 Å². The number of hydrogen-bond acceptors (Lipinski definition) is 2. The molecule has 0 aromatic heterocycles. The molecule has 2 heteroatoms. The highest BCUT2D eigenvalue weighted by Crippen LogP contribution is 2.37. The van der Waals surface area contributed by atoms with Gasteiger partial charge in [-0.1, -0.05) is 26.0 Å². The third-order valence-corrected chi connectivity index (χ3v) is 3.05. The third kappa shape index (κ3) is 1.50. The van der Waals surface area contributed by atoms with E-state index in [1.807, 2.05) is 6.07 Å². The van der Waals surface area contributed by atoms with E-state index in [0.29, 0.717) is 5.75 Å². The third-order valence-electron chi connectivity index (χ3n) is 3.05. The molecule has 2 N–H and O–H groups in total. The fourth-order valence-corrected chi connectivity index (χ4v) is 2.26. The SMILES string of the molecule is CC1(C)CCNCc2cccc(O)c21. The molecule has 1 heterocycles. The predicted molar refractivity (Wildman–Crippen MR) is 57.5 cm³/mol. The fourth-order valence-electron chi connectivity index (χ4n) is 2.26. The second-order valence-corrected chi connectivity index (χ2v) is 4.62. The topological polar surface area (TPSA) is 32.3 Å². The second kappa shape index (κ2) is 3.28. The van der Waals surface area contributed by atoms with Gasteiger partial charge in [0.05, 0.1) is 0 Å². The highest BCUT2D eigenvalue weighted by atomic mass is 16.3. The number of phenols is 1. The van der Waals surface area contributed by atoms with Crippen LogP contribution in [0, 0.1) is 0 Å². The molecule has 0 fully saturated rings. The Kier molecular flexibility index (Phi) is 2.23. The summed E-state index contributed by atoms with van der Waals surface area (Å²) in [6.07, 6.45) is 1.07. The Morgan fingerprint density at radius 2 is 2.14 bits per heavy atom. The van der Waals surface area contributed by atoms with Crippen LogP contribution in [0.15, 0.2) is 18.2 Å². The summed E-state index contributed by atoms with van der Waals surface area (Å²) in [5.74, 6) is 0.441. The van der Waals surface area contributed by atoms with Crippen molar-refractivity contribution in [3.8, 4) is 5.75 Å². The zero-order valence-corrected chi connectivity index (χ0v) is 8.80. The molecule has 76 valence electrons. The number of aromatic hydroxyl groups is 1. The molecule has 1 aromatic carbocycles. The molecular formula is C12H17NO. The van der Waals surface area contributed by atoms with E-state index in [2.05, 4.69) is 25.2 Å². The van der Waals surface area contributed by atoms with Gasteiger partial charge < -0.3 is 10.4 Å². The molecule has 0 aliphatic carbocycles. The van der Waals surface area contributed by atoms with Crippen molar-refractivity contribution in [2.24, 2.45) is 0 Å². The van der Waals surface area contributed by atoms with Crippen LogP contribution < -0.4 is 5.32 Å². The minimum absolute atomic E-state index is 0.0736. The summed E-state index contributed by atoms with van der Waals surface area (Å²) < 4.78 is 0. The van der Waals surface area contributed by atoms with Crippen LogP contribution in [0.1, 0.15) is 31.4 Å². The number of hydrogen-bond donors (Lipinski definition) is 2. The first-order valence-electron chi connectivity index (χ1n) is 5.13. The van der Waals surface area contributed by atoms with Gasteiger partial charge in [-0.2, -0.15) is 0 Å². The van der Waals surface area contributed by atoms with Crippen LogP contribution in [0.5, 0.6) is 5.75 Å². The maximum atomic E-state index is 9.89. The molecule has 1 aliphatic heterocycles. The predicted octanol–water partition coefficient (Wildman–Crippen LogP) is 2.16. The Balaban J connectivity index is 2.58. The van der Waals surface area contributed by atoms with Crippen molar-refractivity contribution >= 4 is 0 Å². The van der Waals surface area contributed by atoms with Gasteiger partial charge in [0.25, 0.3) is 0 Å². The standard InChI is InChI=1S/C12H17NO/c1-12(2)6-7-13-8-9-4-3-5-10(14)11(9)12/h3-5,13-14H,6-8H2,1-2H3. The Labute approximate surface area is 85.0 Å². The van der Waals surface area contributed by atoms with Crippen LogP contribution in [0.25, 0.3) is 0 Å². The van der Waals surface area contributed by atoms with Gasteiger partial charge in [-0.3, -0.25) is 0 Å². The van der Waals surface area contributed by atoms with Gasteiger partial charge in [-0.15, -0.1) is 0 Å². The molecule has 0 saturated carbocycles. The van der Waals surface area contributed by atoms with Crippen LogP contribution in [-0.4, -0.2) is 11.7 Å². The molecule has 1 aromatic rings. The van der Waals surface area contributed by atoms with Gasteiger partial charge in [-0.05, 0) is 30.0 Å². The average molecular weight is 191 g/mol. The maximum Gasteiger partial charge on any atom is 0.119 e. The largest absolute Gasteiger partial charge is 0.508 e. The van der Waals surface area contributed by atoms with Crippen molar-refractivity contribution in [2.45, 2.75) is 32.2 Å². The first kappa shape index (κ1) is 9.53. The van der Waals surface area contributed by atoms with E-state index in [0.717, 1.165) is 25.1 Å². The van der Waals surface area contributed by atoms with Gasteiger partial charge >= 0.3 is 0 Å². The number of nitrogens with one attached hydrogen (secondary N) is 1. The van der Waals surface area contributed by atoms with Gasteiger partial charge in [0.2, 0.25) is 0 Å². The molecule has 1 aliphatic rings. The maximum absolute atomic E-state index is 9.89. The van der Waals surface area contributed by atoms with Crippen LogP contribution in [0.4, 0.5) is 0 Å². The lowest BCUT2D eigenvalue weighted by Crippen LogP contribution is -2.20. The summed E-state index contributed by atoms with van der Waals surface area (Å²) in [6, 6.07) is 5.79. The lowest BCUT2D eigenvalue weighted by molar-refractivity contribution is 0.422. The fraction of sp³-hybridized carbons (Fsp3) is 0.500. The summed E-state index contributed by atoms with van der Waals surface area (Å²) in [5.41, 5.74) is 2.42. The summed E-state index contributed by atoms with van der Waals surface area (Å²) in [6.45, 7) is 6.27. The average Bonchev–Trinajstić information content (AvgIpc) is 2.25. The smallest absolute Gasteiger partial charge is 0.119 e. The minimum Gasteiger partial charge on any atom is -0.508 e. The van der Waals surface area contributed by atoms with E-state index in [1.54, 1.807) is 6.07 Å². The number of rotatable bonds is 0. The normalized spacial score (nSPS) is 19.9. The summed E-state index contributed by atoms with van der Waals surface area (Å²) in [7, 11) is 0. The Morgan fingerprint density at radius 3 is 2.93 bits per heavy atom. The minimum atomic E-state index is 0.0736. The van der Waals surface area contributed by atoms with Gasteiger partial charge in [0, 0.05) is 12.1 Å².